The molecule has 0 radical (unpaired) electrons. The van der Waals surface area contributed by atoms with Gasteiger partial charge in [0.15, 0.2) is 0 Å². The van der Waals surface area contributed by atoms with Crippen molar-refractivity contribution < 1.29 is 10.2 Å². The van der Waals surface area contributed by atoms with Crippen molar-refractivity contribution in [3.8, 4) is 0 Å². The molecule has 1 heterocycles. The van der Waals surface area contributed by atoms with Gasteiger partial charge in [-0.15, -0.1) is 0 Å². The van der Waals surface area contributed by atoms with Crippen molar-refractivity contribution in [3.63, 3.8) is 0 Å². The molecule has 27 heavy (non-hydrogen) atoms. The Hall–Kier alpha value is -0.640. The minimum absolute atomic E-state index is 0.0111. The van der Waals surface area contributed by atoms with E-state index in [0.29, 0.717) is 28.8 Å². The zero-order chi connectivity index (χ0) is 19.4. The van der Waals surface area contributed by atoms with Gasteiger partial charge in [0, 0.05) is 18.6 Å². The minimum Gasteiger partial charge on any atom is -0.396 e. The molecule has 1 aromatic rings. The van der Waals surface area contributed by atoms with Gasteiger partial charge in [-0.3, -0.25) is 0 Å². The fraction of sp³-hybridized carbons (Fsp3) is 0.783. The predicted molar refractivity (Wildman–Crippen MR) is 109 cm³/mol. The van der Waals surface area contributed by atoms with E-state index in [0.717, 1.165) is 31.4 Å². The maximum absolute atomic E-state index is 10.5. The van der Waals surface area contributed by atoms with Crippen LogP contribution in [0.1, 0.15) is 64.1 Å². The fourth-order valence-electron chi connectivity index (χ4n) is 7.12. The quantitative estimate of drug-likeness (QED) is 0.739. The van der Waals surface area contributed by atoms with Gasteiger partial charge in [0.1, 0.15) is 5.15 Å². The maximum Gasteiger partial charge on any atom is 0.129 e. The Kier molecular flexibility index (Phi) is 5.10. The first-order chi connectivity index (χ1) is 12.8. The van der Waals surface area contributed by atoms with Crippen LogP contribution >= 0.6 is 11.6 Å². The van der Waals surface area contributed by atoms with Crippen LogP contribution in [-0.4, -0.2) is 28.4 Å². The summed E-state index contributed by atoms with van der Waals surface area (Å²) >= 11 is 6.22. The summed E-state index contributed by atoms with van der Waals surface area (Å²) in [5, 5.41) is 21.2. The summed E-state index contributed by atoms with van der Waals surface area (Å²) < 4.78 is 0. The molecule has 3 aliphatic carbocycles. The largest absolute Gasteiger partial charge is 0.396 e. The second kappa shape index (κ2) is 7.00. The standard InChI is InChI=1S/C23H34ClNO2/c1-14-6-8-22(2,16(10-14)12-26)18-7-9-23(3)19(17(18)13-27)11-15-4-5-20(24)25-21(15)23/h4-5,14,16-19,26-27H,6-13H2,1-3H3/t14-,16+,17+,18-,19-,22-,23-/m0/s1. The number of aliphatic hydroxyl groups is 2. The molecule has 0 amide bonds. The number of halogens is 1. The monoisotopic (exact) mass is 391 g/mol. The van der Waals surface area contributed by atoms with Crippen LogP contribution in [-0.2, 0) is 11.8 Å². The normalized spacial score (nSPS) is 44.0. The molecule has 150 valence electrons. The number of nitrogens with zero attached hydrogens (tertiary/aromatic N) is 1. The van der Waals surface area contributed by atoms with Crippen LogP contribution in [0.15, 0.2) is 12.1 Å². The molecule has 0 spiro atoms. The minimum atomic E-state index is 0.0111. The average Bonchev–Trinajstić information content (AvgIpc) is 2.95. The van der Waals surface area contributed by atoms with E-state index in [1.165, 1.54) is 18.4 Å². The van der Waals surface area contributed by atoms with Crippen molar-refractivity contribution in [2.75, 3.05) is 13.2 Å². The molecule has 2 saturated carbocycles. The smallest absolute Gasteiger partial charge is 0.129 e. The van der Waals surface area contributed by atoms with Gasteiger partial charge in [-0.2, -0.15) is 0 Å². The lowest BCUT2D eigenvalue weighted by Gasteiger charge is -2.56. The molecule has 4 rings (SSSR count). The molecule has 2 N–H and O–H groups in total. The van der Waals surface area contributed by atoms with Crippen LogP contribution in [0.4, 0.5) is 0 Å². The molecule has 0 aromatic carbocycles. The Labute approximate surface area is 168 Å². The van der Waals surface area contributed by atoms with Crippen molar-refractivity contribution in [2.45, 2.75) is 64.7 Å². The van der Waals surface area contributed by atoms with E-state index in [2.05, 4.69) is 26.8 Å². The topological polar surface area (TPSA) is 53.4 Å². The van der Waals surface area contributed by atoms with Crippen LogP contribution in [0.5, 0.6) is 0 Å². The van der Waals surface area contributed by atoms with E-state index < -0.39 is 0 Å². The third kappa shape index (κ3) is 2.96. The number of aromatic nitrogens is 1. The zero-order valence-electron chi connectivity index (χ0n) is 16.9. The van der Waals surface area contributed by atoms with Crippen LogP contribution in [0, 0.1) is 35.0 Å². The van der Waals surface area contributed by atoms with Crippen molar-refractivity contribution in [1.29, 1.82) is 0 Å². The maximum atomic E-state index is 10.5. The van der Waals surface area contributed by atoms with Gasteiger partial charge in [0.05, 0.1) is 5.69 Å². The summed E-state index contributed by atoms with van der Waals surface area (Å²) in [6.07, 6.45) is 6.71. The van der Waals surface area contributed by atoms with Gasteiger partial charge in [-0.05, 0) is 78.7 Å². The number of pyridine rings is 1. The molecular formula is C23H34ClNO2. The van der Waals surface area contributed by atoms with Crippen LogP contribution in [0.3, 0.4) is 0 Å². The fourth-order valence-corrected chi connectivity index (χ4v) is 7.26. The number of aliphatic hydroxyl groups excluding tert-OH is 2. The van der Waals surface area contributed by atoms with Crippen LogP contribution < -0.4 is 0 Å². The van der Waals surface area contributed by atoms with E-state index in [4.69, 9.17) is 16.6 Å². The highest BCUT2D eigenvalue weighted by Gasteiger charge is 2.57. The van der Waals surface area contributed by atoms with E-state index in [1.54, 1.807) is 0 Å². The van der Waals surface area contributed by atoms with Crippen molar-refractivity contribution in [2.24, 2.45) is 35.0 Å². The van der Waals surface area contributed by atoms with Gasteiger partial charge in [0.25, 0.3) is 0 Å². The molecule has 3 nitrogen and oxygen atoms in total. The molecule has 0 aliphatic heterocycles. The highest BCUT2D eigenvalue weighted by Crippen LogP contribution is 2.61. The Morgan fingerprint density at radius 3 is 2.59 bits per heavy atom. The number of rotatable bonds is 3. The summed E-state index contributed by atoms with van der Waals surface area (Å²) in [6, 6.07) is 4.04. The molecule has 0 bridgehead atoms. The van der Waals surface area contributed by atoms with Crippen molar-refractivity contribution >= 4 is 11.6 Å². The van der Waals surface area contributed by atoms with Crippen molar-refractivity contribution in [1.82, 2.24) is 4.98 Å². The first-order valence-electron chi connectivity index (χ1n) is 10.7. The first kappa shape index (κ1) is 19.7. The molecule has 2 fully saturated rings. The highest BCUT2D eigenvalue weighted by molar-refractivity contribution is 6.29. The van der Waals surface area contributed by atoms with Gasteiger partial charge in [-0.25, -0.2) is 4.98 Å². The van der Waals surface area contributed by atoms with Crippen LogP contribution in [0.2, 0.25) is 5.15 Å². The van der Waals surface area contributed by atoms with Gasteiger partial charge in [0.2, 0.25) is 0 Å². The molecule has 1 aromatic heterocycles. The summed E-state index contributed by atoms with van der Waals surface area (Å²) in [5.41, 5.74) is 2.61. The van der Waals surface area contributed by atoms with E-state index in [1.807, 2.05) is 6.07 Å². The third-order valence-corrected chi connectivity index (χ3v) is 9.04. The Morgan fingerprint density at radius 2 is 1.89 bits per heavy atom. The lowest BCUT2D eigenvalue weighted by atomic mass is 9.49. The zero-order valence-corrected chi connectivity index (χ0v) is 17.7. The Balaban J connectivity index is 1.68. The summed E-state index contributed by atoms with van der Waals surface area (Å²) in [6.45, 7) is 7.55. The Bertz CT molecular complexity index is 710. The van der Waals surface area contributed by atoms with Crippen LogP contribution in [0.25, 0.3) is 0 Å². The lowest BCUT2D eigenvalue weighted by Crippen LogP contribution is -2.52. The lowest BCUT2D eigenvalue weighted by molar-refractivity contribution is -0.0869. The predicted octanol–water partition coefficient (Wildman–Crippen LogP) is 4.62. The van der Waals surface area contributed by atoms with Gasteiger partial charge in [-0.1, -0.05) is 44.9 Å². The SMILES string of the molecule is C[C@H]1CC[C@](C)([C@H]2CC[C@]3(C)c4nc(Cl)ccc4C[C@H]3[C@@H]2CO)[C@@H](CO)C1. The van der Waals surface area contributed by atoms with Crippen molar-refractivity contribution in [3.05, 3.63) is 28.5 Å². The van der Waals surface area contributed by atoms with E-state index in [-0.39, 0.29) is 30.0 Å². The second-order valence-corrected chi connectivity index (χ2v) is 10.5. The first-order valence-corrected chi connectivity index (χ1v) is 11.1. The summed E-state index contributed by atoms with van der Waals surface area (Å²) in [7, 11) is 0. The van der Waals surface area contributed by atoms with E-state index >= 15 is 0 Å². The number of fused-ring (bicyclic) bond motifs is 3. The number of hydrogen-bond donors (Lipinski definition) is 2. The molecule has 7 atom stereocenters. The summed E-state index contributed by atoms with van der Waals surface area (Å²) in [4.78, 5) is 4.72. The second-order valence-electron chi connectivity index (χ2n) is 10.1. The highest BCUT2D eigenvalue weighted by atomic mass is 35.5. The Morgan fingerprint density at radius 1 is 1.11 bits per heavy atom. The van der Waals surface area contributed by atoms with Gasteiger partial charge < -0.3 is 10.2 Å². The number of hydrogen-bond acceptors (Lipinski definition) is 3. The van der Waals surface area contributed by atoms with Gasteiger partial charge >= 0.3 is 0 Å². The molecule has 0 unspecified atom stereocenters. The molecule has 0 saturated heterocycles. The summed E-state index contributed by atoms with van der Waals surface area (Å²) in [5.74, 6) is 2.19. The third-order valence-electron chi connectivity index (χ3n) is 8.83. The molecular weight excluding hydrogens is 358 g/mol. The molecule has 3 aliphatic rings. The van der Waals surface area contributed by atoms with E-state index in [9.17, 15) is 10.2 Å². The average molecular weight is 392 g/mol. The molecule has 4 heteroatoms.